The number of aromatic nitrogens is 4. The fourth-order valence-electron chi connectivity index (χ4n) is 3.06. The van der Waals surface area contributed by atoms with Crippen LogP contribution in [0, 0.1) is 0 Å². The van der Waals surface area contributed by atoms with Gasteiger partial charge >= 0.3 is 123 Å². The molecule has 6 heteroatoms. The van der Waals surface area contributed by atoms with Gasteiger partial charge in [-0.25, -0.2) is 9.97 Å². The van der Waals surface area contributed by atoms with Gasteiger partial charge in [-0.3, -0.25) is 4.98 Å². The molecule has 1 radical (unpaired) electrons. The van der Waals surface area contributed by atoms with Gasteiger partial charge in [0.25, 0.3) is 0 Å². The Bertz CT molecular complexity index is 1070. The molecule has 0 spiro atoms. The van der Waals surface area contributed by atoms with Gasteiger partial charge in [-0.15, -0.1) is 0 Å². The van der Waals surface area contributed by atoms with Crippen molar-refractivity contribution < 1.29 is 0 Å². The van der Waals surface area contributed by atoms with Crippen molar-refractivity contribution in [1.29, 1.82) is 0 Å². The molecule has 0 amide bonds. The van der Waals surface area contributed by atoms with Crippen molar-refractivity contribution in [3.8, 4) is 0 Å². The standard InChI is InChI=1S/3C6H5.C5H4N4S.Pb/c3*1-2-4-6-5-3-1;10-5-3-4(7-1-6-3)8-2-9-5;/h3*1-5H;1-2H,(H2,6,7,8,9,10);/p-1. The first-order chi connectivity index (χ1) is 14.3. The third-order valence-corrected chi connectivity index (χ3v) is 15.3. The topological polar surface area (TPSA) is 54.5 Å². The average molecular weight is 590 g/mol. The van der Waals surface area contributed by atoms with Crippen molar-refractivity contribution in [3.05, 3.63) is 104 Å². The van der Waals surface area contributed by atoms with Gasteiger partial charge in [0.15, 0.2) is 5.65 Å². The van der Waals surface area contributed by atoms with Crippen LogP contribution < -0.4 is 9.37 Å². The maximum atomic E-state index is 4.89. The van der Waals surface area contributed by atoms with E-state index in [1.807, 2.05) is 0 Å². The number of aromatic amines is 1. The molecule has 0 fully saturated rings. The van der Waals surface area contributed by atoms with Crippen LogP contribution in [0.4, 0.5) is 0 Å². The third-order valence-electron chi connectivity index (χ3n) is 4.38. The monoisotopic (exact) mass is 590 g/mol. The van der Waals surface area contributed by atoms with Crippen LogP contribution in [-0.4, -0.2) is 42.6 Å². The molecule has 0 saturated heterocycles. The minimum atomic E-state index is -2.17. The Labute approximate surface area is 183 Å². The van der Waals surface area contributed by atoms with Crippen molar-refractivity contribution in [2.75, 3.05) is 0 Å². The first-order valence-electron chi connectivity index (χ1n) is 9.17. The molecular weight excluding hydrogens is 572 g/mol. The van der Waals surface area contributed by atoms with E-state index < -0.39 is 22.7 Å². The first kappa shape index (κ1) is 19.7. The number of imidazole rings is 1. The van der Waals surface area contributed by atoms with Crippen LogP contribution in [0.3, 0.4) is 0 Å². The molecule has 2 heterocycles. The van der Waals surface area contributed by atoms with Crippen LogP contribution in [-0.2, 0) is 12.6 Å². The molecule has 0 atom stereocenters. The molecule has 29 heavy (non-hydrogen) atoms. The van der Waals surface area contributed by atoms with Crippen LogP contribution in [0.5, 0.6) is 0 Å². The van der Waals surface area contributed by atoms with Crippen LogP contribution in [0.25, 0.3) is 11.2 Å². The summed E-state index contributed by atoms with van der Waals surface area (Å²) in [5, 5.41) is 0.516. The number of nitrogens with one attached hydrogen (secondary N) is 1. The SMILES string of the molecule is [S-]c1ncnc2nc[nH]c12.c1cc[c]([Pb]([c]2ccccc2)[c]2ccccc2)cc1. The van der Waals surface area contributed by atoms with Crippen molar-refractivity contribution in [2.24, 2.45) is 0 Å². The molecule has 1 N–H and O–H groups in total. The Morgan fingerprint density at radius 1 is 0.621 bits per heavy atom. The predicted molar refractivity (Wildman–Crippen MR) is 121 cm³/mol. The quantitative estimate of drug-likeness (QED) is 0.200. The van der Waals surface area contributed by atoms with E-state index in [0.717, 1.165) is 5.52 Å². The molecule has 0 aliphatic carbocycles. The van der Waals surface area contributed by atoms with Crippen LogP contribution in [0.2, 0.25) is 0 Å². The van der Waals surface area contributed by atoms with Crippen LogP contribution >= 0.6 is 0 Å². The van der Waals surface area contributed by atoms with Gasteiger partial charge in [0.1, 0.15) is 6.33 Å². The summed E-state index contributed by atoms with van der Waals surface area (Å²) in [6.45, 7) is 0. The fraction of sp³-hybridized carbons (Fsp3) is 0. The summed E-state index contributed by atoms with van der Waals surface area (Å²) in [5.74, 6) is 0. The summed E-state index contributed by atoms with van der Waals surface area (Å²) in [6.07, 6.45) is 2.96. The van der Waals surface area contributed by atoms with Crippen molar-refractivity contribution in [3.63, 3.8) is 0 Å². The summed E-state index contributed by atoms with van der Waals surface area (Å²) < 4.78 is 4.64. The Kier molecular flexibility index (Phi) is 6.58. The van der Waals surface area contributed by atoms with Crippen molar-refractivity contribution >= 4 is 55.9 Å². The zero-order chi connectivity index (χ0) is 19.9. The van der Waals surface area contributed by atoms with E-state index in [9.17, 15) is 0 Å². The van der Waals surface area contributed by atoms with Crippen LogP contribution in [0.1, 0.15) is 0 Å². The molecule has 0 aliphatic rings. The van der Waals surface area contributed by atoms with E-state index in [0.29, 0.717) is 10.7 Å². The summed E-state index contributed by atoms with van der Waals surface area (Å²) in [6, 6.07) is 33.0. The average Bonchev–Trinajstić information content (AvgIpc) is 3.27. The summed E-state index contributed by atoms with van der Waals surface area (Å²) in [7, 11) is 0. The van der Waals surface area contributed by atoms with E-state index in [2.05, 4.69) is 111 Å². The Hall–Kier alpha value is -2.65. The number of H-pyrrole nitrogens is 1. The van der Waals surface area contributed by atoms with Crippen molar-refractivity contribution in [1.82, 2.24) is 19.9 Å². The van der Waals surface area contributed by atoms with E-state index in [1.54, 1.807) is 15.7 Å². The zero-order valence-corrected chi connectivity index (χ0v) is 20.3. The second-order valence-corrected chi connectivity index (χ2v) is 16.3. The molecule has 0 unspecified atom stereocenters. The minimum absolute atomic E-state index is 0.516. The number of rotatable bonds is 3. The predicted octanol–water partition coefficient (Wildman–Crippen LogP) is 2.46. The van der Waals surface area contributed by atoms with Gasteiger partial charge in [0.05, 0.1) is 11.8 Å². The normalized spacial score (nSPS) is 10.5. The summed E-state index contributed by atoms with van der Waals surface area (Å²) >= 11 is 2.71. The van der Waals surface area contributed by atoms with Gasteiger partial charge < -0.3 is 17.6 Å². The zero-order valence-electron chi connectivity index (χ0n) is 15.6. The van der Waals surface area contributed by atoms with E-state index in [-0.39, 0.29) is 0 Å². The molecule has 0 aliphatic heterocycles. The van der Waals surface area contributed by atoms with Crippen LogP contribution in [0.15, 0.2) is 109 Å². The molecule has 2 aromatic heterocycles. The van der Waals surface area contributed by atoms with Gasteiger partial charge in [0.2, 0.25) is 0 Å². The van der Waals surface area contributed by atoms with Crippen molar-refractivity contribution in [2.45, 2.75) is 5.03 Å². The number of hydrogen-bond acceptors (Lipinski definition) is 4. The molecule has 3 aromatic carbocycles. The van der Waals surface area contributed by atoms with E-state index in [1.165, 1.54) is 6.33 Å². The van der Waals surface area contributed by atoms with E-state index >= 15 is 0 Å². The molecular formula is C23H18N4PbS-. The maximum absolute atomic E-state index is 4.89. The molecule has 141 valence electrons. The first-order valence-corrected chi connectivity index (χ1v) is 15.4. The Morgan fingerprint density at radius 3 is 1.55 bits per heavy atom. The molecule has 0 bridgehead atoms. The second-order valence-electron chi connectivity index (χ2n) is 6.25. The number of hydrogen-bond donors (Lipinski definition) is 1. The van der Waals surface area contributed by atoms with Gasteiger partial charge in [-0.2, -0.15) is 0 Å². The number of benzene rings is 3. The van der Waals surface area contributed by atoms with Gasteiger partial charge in [-0.05, 0) is 0 Å². The Balaban J connectivity index is 0.000000171. The Morgan fingerprint density at radius 2 is 1.10 bits per heavy atom. The molecule has 5 rings (SSSR count). The fourth-order valence-corrected chi connectivity index (χ4v) is 13.3. The number of fused-ring (bicyclic) bond motifs is 1. The molecule has 4 nitrogen and oxygen atoms in total. The molecule has 0 saturated carbocycles. The second kappa shape index (κ2) is 9.71. The third kappa shape index (κ3) is 4.86. The van der Waals surface area contributed by atoms with Gasteiger partial charge in [-0.1, -0.05) is 5.03 Å². The number of nitrogens with zero attached hydrogens (tertiary/aromatic N) is 3. The van der Waals surface area contributed by atoms with E-state index in [4.69, 9.17) is 12.6 Å². The van der Waals surface area contributed by atoms with Gasteiger partial charge in [0, 0.05) is 0 Å². The summed E-state index contributed by atoms with van der Waals surface area (Å²) in [5.41, 5.74) is 1.36. The molecule has 5 aromatic rings. The summed E-state index contributed by atoms with van der Waals surface area (Å²) in [4.78, 5) is 14.4.